The number of carbonyl (C=O) groups is 1. The van der Waals surface area contributed by atoms with Gasteiger partial charge < -0.3 is 20.1 Å². The lowest BCUT2D eigenvalue weighted by atomic mass is 10.0. The summed E-state index contributed by atoms with van der Waals surface area (Å²) in [6, 6.07) is 11.5. The quantitative estimate of drug-likeness (QED) is 0.471. The van der Waals surface area contributed by atoms with E-state index in [9.17, 15) is 4.79 Å². The molecule has 0 saturated carbocycles. The molecule has 1 atom stereocenters. The number of carbonyl (C=O) groups excluding carboxylic acids is 1. The second-order valence-corrected chi connectivity index (χ2v) is 8.36. The van der Waals surface area contributed by atoms with Crippen molar-refractivity contribution in [2.24, 2.45) is 0 Å². The minimum Gasteiger partial charge on any atom is -0.493 e. The summed E-state index contributed by atoms with van der Waals surface area (Å²) in [5.41, 5.74) is 5.17. The number of hydrogen-bond acceptors (Lipinski definition) is 6. The molecular formula is C28H26N4O3. The molecule has 1 unspecified atom stereocenters. The number of ether oxygens (including phenoxy) is 2. The van der Waals surface area contributed by atoms with Crippen LogP contribution in [0, 0.1) is 0 Å². The van der Waals surface area contributed by atoms with Crippen molar-refractivity contribution in [3.05, 3.63) is 89.8 Å². The molecule has 2 aliphatic carbocycles. The van der Waals surface area contributed by atoms with Gasteiger partial charge in [0.2, 0.25) is 5.91 Å². The highest BCUT2D eigenvalue weighted by Gasteiger charge is 2.21. The van der Waals surface area contributed by atoms with E-state index >= 15 is 0 Å². The third-order valence-corrected chi connectivity index (χ3v) is 6.09. The summed E-state index contributed by atoms with van der Waals surface area (Å²) in [5.74, 6) is 1.78. The van der Waals surface area contributed by atoms with Crippen molar-refractivity contribution >= 4 is 34.4 Å². The fraction of sp³-hybridized carbons (Fsp3) is 0.179. The lowest BCUT2D eigenvalue weighted by Crippen LogP contribution is -2.30. The summed E-state index contributed by atoms with van der Waals surface area (Å²) in [6.45, 7) is 0. The normalized spacial score (nSPS) is 16.6. The number of anilines is 2. The second kappa shape index (κ2) is 9.85. The first kappa shape index (κ1) is 22.4. The van der Waals surface area contributed by atoms with E-state index in [-0.39, 0.29) is 11.9 Å². The van der Waals surface area contributed by atoms with E-state index in [2.05, 4.69) is 44.9 Å². The Morgan fingerprint density at radius 2 is 1.86 bits per heavy atom. The number of aromatic nitrogens is 2. The monoisotopic (exact) mass is 466 g/mol. The zero-order valence-electron chi connectivity index (χ0n) is 19.6. The molecule has 7 nitrogen and oxygen atoms in total. The van der Waals surface area contributed by atoms with Gasteiger partial charge in [-0.25, -0.2) is 9.97 Å². The maximum Gasteiger partial charge on any atom is 0.244 e. The molecule has 2 aromatic carbocycles. The van der Waals surface area contributed by atoms with E-state index in [4.69, 9.17) is 9.47 Å². The largest absolute Gasteiger partial charge is 0.493 e. The summed E-state index contributed by atoms with van der Waals surface area (Å²) in [7, 11) is 3.19. The first-order valence-corrected chi connectivity index (χ1v) is 11.4. The van der Waals surface area contributed by atoms with Gasteiger partial charge in [-0.15, -0.1) is 0 Å². The number of amides is 1. The SMILES string of the molecule is COc1cc2ncnc(Nc3ccc(/C=C/C(=O)NC4C=C5CC=CC=C5C4)cc3)c2cc1OC. The van der Waals surface area contributed by atoms with Crippen molar-refractivity contribution in [3.8, 4) is 11.5 Å². The van der Waals surface area contributed by atoms with Crippen molar-refractivity contribution in [2.45, 2.75) is 18.9 Å². The third kappa shape index (κ3) is 4.94. The first-order chi connectivity index (χ1) is 17.1. The van der Waals surface area contributed by atoms with Gasteiger partial charge >= 0.3 is 0 Å². The van der Waals surface area contributed by atoms with Gasteiger partial charge in [-0.2, -0.15) is 0 Å². The maximum absolute atomic E-state index is 12.4. The van der Waals surface area contributed by atoms with Crippen LogP contribution in [-0.4, -0.2) is 36.1 Å². The van der Waals surface area contributed by atoms with E-state index in [1.54, 1.807) is 20.3 Å². The maximum atomic E-state index is 12.4. The molecule has 0 spiro atoms. The number of methoxy groups -OCH3 is 2. The van der Waals surface area contributed by atoms with Crippen LogP contribution in [0.3, 0.4) is 0 Å². The zero-order chi connectivity index (χ0) is 24.2. The Morgan fingerprint density at radius 1 is 1.06 bits per heavy atom. The Labute approximate surface area is 203 Å². The Bertz CT molecular complexity index is 1390. The Hall–Kier alpha value is -4.39. The number of allylic oxidation sites excluding steroid dienone is 4. The van der Waals surface area contributed by atoms with Crippen LogP contribution in [0.4, 0.5) is 11.5 Å². The molecule has 0 radical (unpaired) electrons. The Morgan fingerprint density at radius 3 is 2.63 bits per heavy atom. The summed E-state index contributed by atoms with van der Waals surface area (Å²) in [4.78, 5) is 21.1. The van der Waals surface area contributed by atoms with Crippen LogP contribution in [0.2, 0.25) is 0 Å². The number of nitrogens with one attached hydrogen (secondary N) is 2. The fourth-order valence-electron chi connectivity index (χ4n) is 4.32. The average Bonchev–Trinajstić information content (AvgIpc) is 3.30. The van der Waals surface area contributed by atoms with Crippen LogP contribution in [0.1, 0.15) is 18.4 Å². The van der Waals surface area contributed by atoms with Gasteiger partial charge in [0.05, 0.1) is 25.8 Å². The predicted molar refractivity (Wildman–Crippen MR) is 138 cm³/mol. The number of hydrogen-bond donors (Lipinski definition) is 2. The molecule has 2 aliphatic rings. The highest BCUT2D eigenvalue weighted by atomic mass is 16.5. The van der Waals surface area contributed by atoms with Gasteiger partial charge in [0.15, 0.2) is 11.5 Å². The van der Waals surface area contributed by atoms with Crippen LogP contribution in [0.15, 0.2) is 84.3 Å². The van der Waals surface area contributed by atoms with Gasteiger partial charge in [0.25, 0.3) is 0 Å². The van der Waals surface area contributed by atoms with E-state index < -0.39 is 0 Å². The number of fused-ring (bicyclic) bond motifs is 2. The molecule has 7 heteroatoms. The summed E-state index contributed by atoms with van der Waals surface area (Å²) >= 11 is 0. The van der Waals surface area contributed by atoms with Crippen molar-refractivity contribution in [1.29, 1.82) is 0 Å². The Kier molecular flexibility index (Phi) is 6.30. The van der Waals surface area contributed by atoms with Crippen LogP contribution in [0.5, 0.6) is 11.5 Å². The molecule has 3 aromatic rings. The minimum absolute atomic E-state index is 0.0566. The van der Waals surface area contributed by atoms with Crippen LogP contribution < -0.4 is 20.1 Å². The third-order valence-electron chi connectivity index (χ3n) is 6.09. The van der Waals surface area contributed by atoms with Gasteiger partial charge in [0.1, 0.15) is 12.1 Å². The highest BCUT2D eigenvalue weighted by Crippen LogP contribution is 2.34. The molecule has 5 rings (SSSR count). The topological polar surface area (TPSA) is 85.4 Å². The van der Waals surface area contributed by atoms with Gasteiger partial charge in [-0.1, -0.05) is 36.4 Å². The molecule has 35 heavy (non-hydrogen) atoms. The molecule has 176 valence electrons. The molecule has 0 bridgehead atoms. The zero-order valence-corrected chi connectivity index (χ0v) is 19.6. The van der Waals surface area contributed by atoms with Crippen molar-refractivity contribution < 1.29 is 14.3 Å². The fourth-order valence-corrected chi connectivity index (χ4v) is 4.32. The summed E-state index contributed by atoms with van der Waals surface area (Å²) in [5, 5.41) is 7.22. The van der Waals surface area contributed by atoms with E-state index in [0.717, 1.165) is 35.0 Å². The van der Waals surface area contributed by atoms with Crippen molar-refractivity contribution in [2.75, 3.05) is 19.5 Å². The number of rotatable bonds is 7. The van der Waals surface area contributed by atoms with Gasteiger partial charge in [-0.3, -0.25) is 4.79 Å². The average molecular weight is 467 g/mol. The van der Waals surface area contributed by atoms with Crippen LogP contribution >= 0.6 is 0 Å². The van der Waals surface area contributed by atoms with Crippen LogP contribution in [0.25, 0.3) is 17.0 Å². The van der Waals surface area contributed by atoms with Gasteiger partial charge in [0, 0.05) is 23.2 Å². The second-order valence-electron chi connectivity index (χ2n) is 8.36. The number of nitrogens with zero attached hydrogens (tertiary/aromatic N) is 2. The smallest absolute Gasteiger partial charge is 0.244 e. The predicted octanol–water partition coefficient (Wildman–Crippen LogP) is 5.11. The van der Waals surface area contributed by atoms with Crippen molar-refractivity contribution in [3.63, 3.8) is 0 Å². The molecular weight excluding hydrogens is 440 g/mol. The summed E-state index contributed by atoms with van der Waals surface area (Å²) < 4.78 is 10.8. The first-order valence-electron chi connectivity index (χ1n) is 11.4. The summed E-state index contributed by atoms with van der Waals surface area (Å²) in [6.07, 6.45) is 15.2. The van der Waals surface area contributed by atoms with E-state index in [0.29, 0.717) is 17.3 Å². The molecule has 1 heterocycles. The van der Waals surface area contributed by atoms with Gasteiger partial charge in [-0.05, 0) is 53.8 Å². The van der Waals surface area contributed by atoms with Crippen LogP contribution in [-0.2, 0) is 4.79 Å². The van der Waals surface area contributed by atoms with E-state index in [1.807, 2.05) is 42.5 Å². The van der Waals surface area contributed by atoms with E-state index in [1.165, 1.54) is 17.5 Å². The lowest BCUT2D eigenvalue weighted by Gasteiger charge is -2.12. The lowest BCUT2D eigenvalue weighted by molar-refractivity contribution is -0.116. The molecule has 0 saturated heterocycles. The number of benzene rings is 2. The molecule has 1 amide bonds. The molecule has 0 aliphatic heterocycles. The Balaban J connectivity index is 1.24. The molecule has 1 aromatic heterocycles. The minimum atomic E-state index is -0.0990. The highest BCUT2D eigenvalue weighted by molar-refractivity contribution is 5.93. The standard InChI is InChI=1S/C28H26N4O3/c1-34-25-15-23-24(16-26(25)35-2)29-17-30-28(23)32-21-10-7-18(8-11-21)9-12-27(33)31-22-13-19-5-3-4-6-20(19)14-22/h3-5,7-12,14-17,22H,6,13H2,1-2H3,(H,31,33)(H,29,30,32)/b12-9+. The molecule has 2 N–H and O–H groups in total. The molecule has 0 fully saturated rings. The van der Waals surface area contributed by atoms with Crippen molar-refractivity contribution in [1.82, 2.24) is 15.3 Å².